The van der Waals surface area contributed by atoms with E-state index in [1.54, 1.807) is 6.92 Å². The van der Waals surface area contributed by atoms with E-state index in [1.807, 2.05) is 0 Å². The highest BCUT2D eigenvalue weighted by Gasteiger charge is 2.52. The third-order valence-corrected chi connectivity index (χ3v) is 3.81. The zero-order valence-corrected chi connectivity index (χ0v) is 16.0. The van der Waals surface area contributed by atoms with Crippen LogP contribution < -0.4 is 0 Å². The first-order chi connectivity index (χ1) is 13.2. The van der Waals surface area contributed by atoms with Crippen LogP contribution in [0.4, 0.5) is 0 Å². The van der Waals surface area contributed by atoms with Gasteiger partial charge in [0, 0.05) is 20.8 Å². The largest absolute Gasteiger partial charge is 0.465 e. The molecule has 1 saturated heterocycles. The number of ether oxygens (including phenoxy) is 5. The van der Waals surface area contributed by atoms with Crippen LogP contribution in [-0.2, 0) is 38.1 Å². The standard InChI is InChI=1S/C18H22O10/c1-5-23-18(22)12-6-7-24-14(12)16-17(27-11(4)21)15(26-10(3)20)13(28-16)8-25-9(2)19/h6-7,13,15-17H,5,8H2,1-4H3/t13-,15-,16+,17-/m1/s1. The van der Waals surface area contributed by atoms with Crippen molar-refractivity contribution < 1.29 is 47.3 Å². The maximum Gasteiger partial charge on any atom is 0.341 e. The van der Waals surface area contributed by atoms with Crippen molar-refractivity contribution in [2.45, 2.75) is 52.1 Å². The molecule has 4 atom stereocenters. The number of hydrogen-bond acceptors (Lipinski definition) is 10. The summed E-state index contributed by atoms with van der Waals surface area (Å²) in [7, 11) is 0. The average molecular weight is 398 g/mol. The van der Waals surface area contributed by atoms with Crippen molar-refractivity contribution in [3.63, 3.8) is 0 Å². The molecule has 0 aromatic carbocycles. The van der Waals surface area contributed by atoms with Crippen LogP contribution in [0.15, 0.2) is 16.7 Å². The van der Waals surface area contributed by atoms with Crippen LogP contribution >= 0.6 is 0 Å². The van der Waals surface area contributed by atoms with Crippen molar-refractivity contribution in [1.82, 2.24) is 0 Å². The molecule has 10 nitrogen and oxygen atoms in total. The van der Waals surface area contributed by atoms with Gasteiger partial charge in [-0.15, -0.1) is 0 Å². The molecule has 1 aliphatic heterocycles. The number of hydrogen-bond donors (Lipinski definition) is 0. The lowest BCUT2D eigenvalue weighted by molar-refractivity contribution is -0.165. The predicted molar refractivity (Wildman–Crippen MR) is 90.0 cm³/mol. The summed E-state index contributed by atoms with van der Waals surface area (Å²) in [5.41, 5.74) is 0.0821. The van der Waals surface area contributed by atoms with Crippen molar-refractivity contribution in [3.05, 3.63) is 23.7 Å². The van der Waals surface area contributed by atoms with Gasteiger partial charge in [-0.25, -0.2) is 4.79 Å². The van der Waals surface area contributed by atoms with Gasteiger partial charge in [0.1, 0.15) is 18.3 Å². The molecule has 0 radical (unpaired) electrons. The molecular formula is C18H22O10. The summed E-state index contributed by atoms with van der Waals surface area (Å²) in [5.74, 6) is -2.48. The predicted octanol–water partition coefficient (Wildman–Crippen LogP) is 1.32. The van der Waals surface area contributed by atoms with Crippen molar-refractivity contribution in [3.8, 4) is 0 Å². The molecule has 28 heavy (non-hydrogen) atoms. The first kappa shape index (κ1) is 21.4. The second kappa shape index (κ2) is 9.36. The Morgan fingerprint density at radius 2 is 1.61 bits per heavy atom. The minimum absolute atomic E-state index is 0.0483. The van der Waals surface area contributed by atoms with Crippen LogP contribution in [0.25, 0.3) is 0 Å². The molecule has 0 bridgehead atoms. The maximum atomic E-state index is 12.2. The Labute approximate surface area is 161 Å². The number of carbonyl (C=O) groups excluding carboxylic acids is 4. The van der Waals surface area contributed by atoms with Gasteiger partial charge in [0.15, 0.2) is 24.1 Å². The van der Waals surface area contributed by atoms with E-state index in [1.165, 1.54) is 33.1 Å². The fourth-order valence-electron chi connectivity index (χ4n) is 2.85. The molecule has 0 saturated carbocycles. The van der Waals surface area contributed by atoms with E-state index in [2.05, 4.69) is 0 Å². The number of carbonyl (C=O) groups is 4. The Morgan fingerprint density at radius 1 is 0.964 bits per heavy atom. The molecule has 2 rings (SSSR count). The Hall–Kier alpha value is -2.88. The van der Waals surface area contributed by atoms with Gasteiger partial charge in [0.05, 0.1) is 12.9 Å². The van der Waals surface area contributed by atoms with Crippen LogP contribution in [0.3, 0.4) is 0 Å². The van der Waals surface area contributed by atoms with E-state index in [0.717, 1.165) is 0 Å². The smallest absolute Gasteiger partial charge is 0.341 e. The van der Waals surface area contributed by atoms with Gasteiger partial charge >= 0.3 is 23.9 Å². The van der Waals surface area contributed by atoms with Crippen LogP contribution in [-0.4, -0.2) is 55.4 Å². The van der Waals surface area contributed by atoms with E-state index < -0.39 is 48.3 Å². The van der Waals surface area contributed by atoms with Crippen molar-refractivity contribution in [2.75, 3.05) is 13.2 Å². The number of rotatable bonds is 7. The van der Waals surface area contributed by atoms with E-state index in [4.69, 9.17) is 28.1 Å². The maximum absolute atomic E-state index is 12.2. The normalized spacial score (nSPS) is 23.7. The molecule has 1 fully saturated rings. The SMILES string of the molecule is CCOC(=O)c1ccoc1[C@@H]1O[C@H](COC(C)=O)[C@@H](OC(C)=O)[C@H]1OC(C)=O. The first-order valence-electron chi connectivity index (χ1n) is 8.62. The summed E-state index contributed by atoms with van der Waals surface area (Å²) in [4.78, 5) is 46.5. The van der Waals surface area contributed by atoms with Crippen LogP contribution in [0.2, 0.25) is 0 Å². The summed E-state index contributed by atoms with van der Waals surface area (Å²) in [6.45, 7) is 5.11. The zero-order valence-electron chi connectivity index (χ0n) is 16.0. The Morgan fingerprint density at radius 3 is 2.18 bits per heavy atom. The molecule has 2 heterocycles. The van der Waals surface area contributed by atoms with Crippen molar-refractivity contribution >= 4 is 23.9 Å². The average Bonchev–Trinajstić information content (AvgIpc) is 3.18. The first-order valence-corrected chi connectivity index (χ1v) is 8.62. The molecule has 0 unspecified atom stereocenters. The van der Waals surface area contributed by atoms with E-state index in [-0.39, 0.29) is 24.5 Å². The lowest BCUT2D eigenvalue weighted by Gasteiger charge is -2.23. The van der Waals surface area contributed by atoms with E-state index in [0.29, 0.717) is 0 Å². The number of furan rings is 1. The second-order valence-electron chi connectivity index (χ2n) is 5.96. The fourth-order valence-corrected chi connectivity index (χ4v) is 2.85. The second-order valence-corrected chi connectivity index (χ2v) is 5.96. The molecule has 0 spiro atoms. The van der Waals surface area contributed by atoms with E-state index >= 15 is 0 Å². The Kier molecular flexibility index (Phi) is 7.16. The summed E-state index contributed by atoms with van der Waals surface area (Å²) in [6.07, 6.45) is -2.96. The molecule has 0 N–H and O–H groups in total. The minimum Gasteiger partial charge on any atom is -0.465 e. The van der Waals surface area contributed by atoms with Gasteiger partial charge in [-0.1, -0.05) is 0 Å². The monoisotopic (exact) mass is 398 g/mol. The molecular weight excluding hydrogens is 376 g/mol. The zero-order chi connectivity index (χ0) is 20.8. The van der Waals surface area contributed by atoms with Gasteiger partial charge in [0.2, 0.25) is 0 Å². The van der Waals surface area contributed by atoms with Crippen molar-refractivity contribution in [2.24, 2.45) is 0 Å². The lowest BCUT2D eigenvalue weighted by Crippen LogP contribution is -2.40. The third kappa shape index (κ3) is 5.10. The summed E-state index contributed by atoms with van der Waals surface area (Å²) in [6, 6.07) is 1.39. The van der Waals surface area contributed by atoms with Gasteiger partial charge < -0.3 is 28.1 Å². The van der Waals surface area contributed by atoms with Crippen LogP contribution in [0.1, 0.15) is 49.9 Å². The molecule has 0 amide bonds. The third-order valence-electron chi connectivity index (χ3n) is 3.81. The molecule has 0 aliphatic carbocycles. The number of esters is 4. The summed E-state index contributed by atoms with van der Waals surface area (Å²) >= 11 is 0. The summed E-state index contributed by atoms with van der Waals surface area (Å²) < 4.78 is 31.7. The summed E-state index contributed by atoms with van der Waals surface area (Å²) in [5, 5.41) is 0. The Bertz CT molecular complexity index is 736. The molecule has 10 heteroatoms. The topological polar surface area (TPSA) is 128 Å². The molecule has 154 valence electrons. The van der Waals surface area contributed by atoms with Gasteiger partial charge in [0.25, 0.3) is 0 Å². The van der Waals surface area contributed by atoms with Gasteiger partial charge in [-0.3, -0.25) is 14.4 Å². The highest BCUT2D eigenvalue weighted by atomic mass is 16.7. The van der Waals surface area contributed by atoms with Crippen molar-refractivity contribution in [1.29, 1.82) is 0 Å². The quantitative estimate of drug-likeness (QED) is 0.490. The molecule has 1 aliphatic rings. The highest BCUT2D eigenvalue weighted by molar-refractivity contribution is 5.90. The fraction of sp³-hybridized carbons (Fsp3) is 0.556. The minimum atomic E-state index is -1.12. The van der Waals surface area contributed by atoms with Crippen LogP contribution in [0.5, 0.6) is 0 Å². The van der Waals surface area contributed by atoms with Gasteiger partial charge in [-0.05, 0) is 13.0 Å². The Balaban J connectivity index is 2.39. The van der Waals surface area contributed by atoms with Gasteiger partial charge in [-0.2, -0.15) is 0 Å². The molecule has 1 aromatic heterocycles. The highest BCUT2D eigenvalue weighted by Crippen LogP contribution is 2.39. The lowest BCUT2D eigenvalue weighted by atomic mass is 10.0. The molecule has 1 aromatic rings. The van der Waals surface area contributed by atoms with E-state index in [9.17, 15) is 19.2 Å². The van der Waals surface area contributed by atoms with Crippen LogP contribution in [0, 0.1) is 0 Å².